The number of unbranched alkanes of at least 4 members (excludes halogenated alkanes) is 1. The molecule has 0 fully saturated rings. The molecule has 0 aromatic carbocycles. The van der Waals surface area contributed by atoms with Gasteiger partial charge in [0.2, 0.25) is 0 Å². The Balaban J connectivity index is -0.000000196. The van der Waals surface area contributed by atoms with Gasteiger partial charge in [-0.15, -0.1) is 0 Å². The third-order valence-corrected chi connectivity index (χ3v) is 0.934. The fraction of sp³-hybridized carbons (Fsp3) is 0.778. The second-order valence-corrected chi connectivity index (χ2v) is 2.24. The number of aliphatic hydroxyl groups excluding tert-OH is 1. The molecule has 0 saturated carbocycles. The molecule has 1 nitrogen and oxygen atoms in total. The summed E-state index contributed by atoms with van der Waals surface area (Å²) in [7, 11) is 0. The summed E-state index contributed by atoms with van der Waals surface area (Å²) in [4.78, 5) is 0. The van der Waals surface area contributed by atoms with E-state index in [2.05, 4.69) is 20.3 Å². The minimum atomic E-state index is 0. The van der Waals surface area contributed by atoms with Gasteiger partial charge in [0.15, 0.2) is 0 Å². The van der Waals surface area contributed by atoms with Crippen molar-refractivity contribution in [2.75, 3.05) is 0 Å². The number of aliphatic hydroxyl groups is 1. The fourth-order valence-corrected chi connectivity index (χ4v) is 0.504. The first-order chi connectivity index (χ1) is 4.77. The van der Waals surface area contributed by atoms with Crippen molar-refractivity contribution in [1.29, 1.82) is 0 Å². The quantitative estimate of drug-likeness (QED) is 0.584. The van der Waals surface area contributed by atoms with Gasteiger partial charge >= 0.3 is 0 Å². The summed E-state index contributed by atoms with van der Waals surface area (Å²) in [5.41, 5.74) is 0. The van der Waals surface area contributed by atoms with Crippen molar-refractivity contribution in [1.82, 2.24) is 0 Å². The summed E-state index contributed by atoms with van der Waals surface area (Å²) in [5, 5.41) is 8.23. The molecule has 0 rings (SSSR count). The Hall–Kier alpha value is 1.06. The molecule has 0 aliphatic rings. The van der Waals surface area contributed by atoms with E-state index >= 15 is 0 Å². The van der Waals surface area contributed by atoms with Crippen LogP contribution in [0.1, 0.15) is 40.5 Å². The van der Waals surface area contributed by atoms with Gasteiger partial charge in [0.25, 0.3) is 0 Å². The van der Waals surface area contributed by atoms with Gasteiger partial charge in [-0.25, -0.2) is 13.0 Å². The van der Waals surface area contributed by atoms with Crippen LogP contribution in [0.4, 0.5) is 0 Å². The summed E-state index contributed by atoms with van der Waals surface area (Å²) in [6, 6.07) is 0. The molecule has 0 spiro atoms. The summed E-state index contributed by atoms with van der Waals surface area (Å²) in [6.07, 6.45) is 3.97. The molecule has 0 unspecified atom stereocenters. The molecular formula is C9H20OY-2. The molecule has 67 valence electrons. The van der Waals surface area contributed by atoms with Gasteiger partial charge in [0.05, 0.1) is 0 Å². The zero-order chi connectivity index (χ0) is 8.41. The average molecular weight is 233 g/mol. The molecule has 0 aliphatic carbocycles. The zero-order valence-electron chi connectivity index (χ0n) is 8.17. The first-order valence-electron chi connectivity index (χ1n) is 4.06. The number of rotatable bonds is 4. The van der Waals surface area contributed by atoms with Crippen molar-refractivity contribution in [3.63, 3.8) is 0 Å². The van der Waals surface area contributed by atoms with Crippen LogP contribution in [-0.4, -0.2) is 5.11 Å². The molecule has 0 aliphatic heterocycles. The van der Waals surface area contributed by atoms with E-state index in [0.717, 1.165) is 12.8 Å². The zero-order valence-corrected chi connectivity index (χ0v) is 11.0. The smallest absolute Gasteiger partial charge is 0 e. The van der Waals surface area contributed by atoms with Crippen molar-refractivity contribution >= 4 is 0 Å². The molecule has 11 heavy (non-hydrogen) atoms. The van der Waals surface area contributed by atoms with Crippen molar-refractivity contribution in [2.24, 2.45) is 5.92 Å². The Bertz CT molecular complexity index is 46.8. The summed E-state index contributed by atoms with van der Waals surface area (Å²) in [6.45, 7) is 9.48. The van der Waals surface area contributed by atoms with Crippen LogP contribution in [0, 0.1) is 18.9 Å². The summed E-state index contributed by atoms with van der Waals surface area (Å²) in [5.74, 6) is 0.648. The van der Waals surface area contributed by atoms with Crippen molar-refractivity contribution in [2.45, 2.75) is 40.5 Å². The van der Waals surface area contributed by atoms with E-state index in [-0.39, 0.29) is 32.7 Å². The van der Waals surface area contributed by atoms with Crippen LogP contribution in [-0.2, 0) is 32.7 Å². The molecule has 1 radical (unpaired) electrons. The number of hydrogen-bond acceptors (Lipinski definition) is 1. The first kappa shape index (κ1) is 18.0. The Morgan fingerprint density at radius 3 is 1.91 bits per heavy atom. The van der Waals surface area contributed by atoms with Gasteiger partial charge in [0, 0.05) is 32.7 Å². The summed E-state index contributed by atoms with van der Waals surface area (Å²) < 4.78 is 0. The van der Waals surface area contributed by atoms with Crippen LogP contribution < -0.4 is 0 Å². The first-order valence-corrected chi connectivity index (χ1v) is 4.06. The SMILES string of the molecule is CC.CC(C)[CH-]CC[CH-]O.[Y]. The molecular weight excluding hydrogens is 213 g/mol. The minimum Gasteiger partial charge on any atom is -0.566 e. The normalized spacial score (nSPS) is 8.18. The second-order valence-electron chi connectivity index (χ2n) is 2.24. The topological polar surface area (TPSA) is 20.2 Å². The monoisotopic (exact) mass is 233 g/mol. The molecule has 1 N–H and O–H groups in total. The Morgan fingerprint density at radius 1 is 1.18 bits per heavy atom. The minimum absolute atomic E-state index is 0. The van der Waals surface area contributed by atoms with Gasteiger partial charge < -0.3 is 11.5 Å². The van der Waals surface area contributed by atoms with E-state index in [1.54, 1.807) is 0 Å². The van der Waals surface area contributed by atoms with E-state index in [1.165, 1.54) is 6.61 Å². The molecule has 0 saturated heterocycles. The standard InChI is InChI=1S/C7H14O.C2H6.Y/c1-7(2)5-3-4-6-8;1-2;/h5-8H,3-4H2,1-2H3;1-2H3;/q-2;;. The molecule has 0 atom stereocenters. The maximum absolute atomic E-state index is 8.23. The van der Waals surface area contributed by atoms with Gasteiger partial charge in [0.1, 0.15) is 0 Å². The largest absolute Gasteiger partial charge is 0.566 e. The van der Waals surface area contributed by atoms with Gasteiger partial charge in [-0.1, -0.05) is 27.7 Å². The van der Waals surface area contributed by atoms with Crippen molar-refractivity contribution in [3.8, 4) is 0 Å². The maximum atomic E-state index is 8.23. The van der Waals surface area contributed by atoms with Crippen molar-refractivity contribution < 1.29 is 37.8 Å². The molecule has 0 aromatic rings. The van der Waals surface area contributed by atoms with E-state index in [1.807, 2.05) is 13.8 Å². The molecule has 2 heteroatoms. The van der Waals surface area contributed by atoms with E-state index in [0.29, 0.717) is 5.92 Å². The van der Waals surface area contributed by atoms with E-state index < -0.39 is 0 Å². The van der Waals surface area contributed by atoms with Crippen LogP contribution in [0.15, 0.2) is 0 Å². The average Bonchev–Trinajstić information content (AvgIpc) is 1.92. The third kappa shape index (κ3) is 24.7. The molecule has 0 aromatic heterocycles. The Labute approximate surface area is 96.8 Å². The second kappa shape index (κ2) is 17.2. The number of hydrogen-bond donors (Lipinski definition) is 1. The van der Waals surface area contributed by atoms with Crippen molar-refractivity contribution in [3.05, 3.63) is 13.0 Å². The van der Waals surface area contributed by atoms with Crippen LogP contribution in [0.2, 0.25) is 0 Å². The maximum Gasteiger partial charge on any atom is 0 e. The van der Waals surface area contributed by atoms with E-state index in [4.69, 9.17) is 5.11 Å². The summed E-state index contributed by atoms with van der Waals surface area (Å²) >= 11 is 0. The molecule has 0 amide bonds. The van der Waals surface area contributed by atoms with Crippen LogP contribution in [0.3, 0.4) is 0 Å². The predicted molar refractivity (Wildman–Crippen MR) is 46.0 cm³/mol. The predicted octanol–water partition coefficient (Wildman–Crippen LogP) is 3.18. The van der Waals surface area contributed by atoms with Crippen LogP contribution in [0.5, 0.6) is 0 Å². The molecule has 0 heterocycles. The van der Waals surface area contributed by atoms with Crippen LogP contribution in [0.25, 0.3) is 0 Å². The van der Waals surface area contributed by atoms with Gasteiger partial charge in [-0.05, 0) is 0 Å². The fourth-order valence-electron chi connectivity index (χ4n) is 0.504. The third-order valence-electron chi connectivity index (χ3n) is 0.934. The van der Waals surface area contributed by atoms with E-state index in [9.17, 15) is 0 Å². The Morgan fingerprint density at radius 2 is 1.64 bits per heavy atom. The molecule has 0 bridgehead atoms. The Kier molecular flexibility index (Phi) is 28.2. The van der Waals surface area contributed by atoms with Gasteiger partial charge in [-0.2, -0.15) is 12.3 Å². The van der Waals surface area contributed by atoms with Gasteiger partial charge in [-0.3, -0.25) is 0 Å². The van der Waals surface area contributed by atoms with Crippen LogP contribution >= 0.6 is 0 Å².